The number of nitrogens with zero attached hydrogens (tertiary/aromatic N) is 4. The summed E-state index contributed by atoms with van der Waals surface area (Å²) in [5.41, 5.74) is 2.81. The van der Waals surface area contributed by atoms with Gasteiger partial charge in [-0.1, -0.05) is 44.2 Å². The average molecular weight is 358 g/mol. The van der Waals surface area contributed by atoms with E-state index < -0.39 is 0 Å². The van der Waals surface area contributed by atoms with E-state index in [9.17, 15) is 10.1 Å². The smallest absolute Gasteiger partial charge is 0.278 e. The molecule has 134 valence electrons. The summed E-state index contributed by atoms with van der Waals surface area (Å²) in [6.45, 7) is 3.92. The molecule has 0 unspecified atom stereocenters. The van der Waals surface area contributed by atoms with Crippen LogP contribution in [0.2, 0.25) is 0 Å². The molecule has 4 aromatic rings. The number of rotatable bonds is 3. The van der Waals surface area contributed by atoms with Gasteiger partial charge in [-0.25, -0.2) is 0 Å². The highest BCUT2D eigenvalue weighted by Gasteiger charge is 2.24. The first-order valence-electron chi connectivity index (χ1n) is 8.69. The Kier molecular flexibility index (Phi) is 3.93. The maximum Gasteiger partial charge on any atom is 0.278 e. The van der Waals surface area contributed by atoms with Crippen LogP contribution in [0.1, 0.15) is 30.9 Å². The molecular formula is C21H18N4O2. The van der Waals surface area contributed by atoms with Crippen LogP contribution in [-0.2, 0) is 7.05 Å². The van der Waals surface area contributed by atoms with Crippen molar-refractivity contribution in [2.24, 2.45) is 7.05 Å². The molecule has 0 bridgehead atoms. The zero-order chi connectivity index (χ0) is 19.1. The van der Waals surface area contributed by atoms with Crippen molar-refractivity contribution in [1.82, 2.24) is 14.2 Å². The van der Waals surface area contributed by atoms with Crippen molar-refractivity contribution in [1.29, 1.82) is 5.26 Å². The first-order chi connectivity index (χ1) is 13.0. The molecule has 0 spiro atoms. The van der Waals surface area contributed by atoms with Crippen molar-refractivity contribution in [3.63, 3.8) is 0 Å². The van der Waals surface area contributed by atoms with Gasteiger partial charge in [0.25, 0.3) is 5.56 Å². The molecule has 0 amide bonds. The van der Waals surface area contributed by atoms with Gasteiger partial charge in [-0.05, 0) is 18.1 Å². The van der Waals surface area contributed by atoms with E-state index in [1.54, 1.807) is 0 Å². The standard InChI is InChI=1S/C21H18N4O2/c1-13(2)18-19(17-10-9-16(27-17)14-7-5-4-6-8-14)24(3)20-15(11-22)12-23-25(20)21(18)26/h4-10,12-13H,1-3H3. The van der Waals surface area contributed by atoms with Crippen LogP contribution in [0.3, 0.4) is 0 Å². The quantitative estimate of drug-likeness (QED) is 0.555. The molecule has 27 heavy (non-hydrogen) atoms. The van der Waals surface area contributed by atoms with E-state index in [0.717, 1.165) is 11.3 Å². The second-order valence-corrected chi connectivity index (χ2v) is 6.72. The molecule has 1 aromatic carbocycles. The lowest BCUT2D eigenvalue weighted by Crippen LogP contribution is -2.25. The predicted molar refractivity (Wildman–Crippen MR) is 102 cm³/mol. The number of hydrogen-bond acceptors (Lipinski definition) is 4. The van der Waals surface area contributed by atoms with Gasteiger partial charge in [0.2, 0.25) is 0 Å². The third-order valence-corrected chi connectivity index (χ3v) is 4.67. The Bertz CT molecular complexity index is 1240. The molecule has 0 saturated carbocycles. The molecule has 0 radical (unpaired) electrons. The lowest BCUT2D eigenvalue weighted by Gasteiger charge is -2.16. The Labute approximate surface area is 155 Å². The molecule has 6 nitrogen and oxygen atoms in total. The topological polar surface area (TPSA) is 76.2 Å². The summed E-state index contributed by atoms with van der Waals surface area (Å²) in [5.74, 6) is 1.27. The third-order valence-electron chi connectivity index (χ3n) is 4.67. The summed E-state index contributed by atoms with van der Waals surface area (Å²) in [5, 5.41) is 13.5. The summed E-state index contributed by atoms with van der Waals surface area (Å²) in [7, 11) is 1.82. The lowest BCUT2D eigenvalue weighted by atomic mass is 10.0. The fourth-order valence-electron chi connectivity index (χ4n) is 3.44. The zero-order valence-electron chi connectivity index (χ0n) is 15.3. The molecule has 3 heterocycles. The number of benzene rings is 1. The zero-order valence-corrected chi connectivity index (χ0v) is 15.3. The molecule has 0 N–H and O–H groups in total. The molecule has 0 fully saturated rings. The van der Waals surface area contributed by atoms with Crippen molar-refractivity contribution in [3.8, 4) is 28.8 Å². The van der Waals surface area contributed by atoms with Crippen LogP contribution in [0.25, 0.3) is 28.4 Å². The largest absolute Gasteiger partial charge is 0.455 e. The maximum atomic E-state index is 13.1. The van der Waals surface area contributed by atoms with E-state index >= 15 is 0 Å². The van der Waals surface area contributed by atoms with Gasteiger partial charge in [0.1, 0.15) is 17.4 Å². The van der Waals surface area contributed by atoms with E-state index in [1.807, 2.05) is 67.9 Å². The Hall–Kier alpha value is -3.59. The van der Waals surface area contributed by atoms with Crippen molar-refractivity contribution in [3.05, 3.63) is 70.1 Å². The molecule has 0 aliphatic heterocycles. The summed E-state index contributed by atoms with van der Waals surface area (Å²) < 4.78 is 9.21. The Morgan fingerprint density at radius 3 is 2.48 bits per heavy atom. The number of hydrogen-bond donors (Lipinski definition) is 0. The van der Waals surface area contributed by atoms with Crippen LogP contribution >= 0.6 is 0 Å². The SMILES string of the molecule is CC(C)c1c(-c2ccc(-c3ccccc3)o2)n(C)c2c(C#N)cnn2c1=O. The highest BCUT2D eigenvalue weighted by Crippen LogP contribution is 2.32. The van der Waals surface area contributed by atoms with Crippen molar-refractivity contribution >= 4 is 5.65 Å². The van der Waals surface area contributed by atoms with Crippen LogP contribution in [0.15, 0.2) is 57.9 Å². The summed E-state index contributed by atoms with van der Waals surface area (Å²) in [6, 6.07) is 15.6. The lowest BCUT2D eigenvalue weighted by molar-refractivity contribution is 0.586. The highest BCUT2D eigenvalue weighted by molar-refractivity contribution is 5.69. The molecule has 6 heteroatoms. The molecule has 0 saturated heterocycles. The van der Waals surface area contributed by atoms with Crippen LogP contribution in [0.4, 0.5) is 0 Å². The molecule has 3 aromatic heterocycles. The van der Waals surface area contributed by atoms with E-state index in [0.29, 0.717) is 28.2 Å². The minimum Gasteiger partial charge on any atom is -0.455 e. The predicted octanol–water partition coefficient (Wildman–Crippen LogP) is 3.96. The van der Waals surface area contributed by atoms with Gasteiger partial charge in [0.05, 0.1) is 11.9 Å². The first kappa shape index (κ1) is 16.9. The number of nitriles is 1. The van der Waals surface area contributed by atoms with Crippen molar-refractivity contribution in [2.75, 3.05) is 0 Å². The van der Waals surface area contributed by atoms with Gasteiger partial charge < -0.3 is 8.98 Å². The van der Waals surface area contributed by atoms with E-state index in [2.05, 4.69) is 11.2 Å². The minimum atomic E-state index is -0.229. The monoisotopic (exact) mass is 358 g/mol. The average Bonchev–Trinajstić information content (AvgIpc) is 3.32. The number of fused-ring (bicyclic) bond motifs is 1. The van der Waals surface area contributed by atoms with E-state index in [1.165, 1.54) is 10.7 Å². The molecular weight excluding hydrogens is 340 g/mol. The van der Waals surface area contributed by atoms with Gasteiger partial charge in [0.15, 0.2) is 11.4 Å². The van der Waals surface area contributed by atoms with Gasteiger partial charge in [0, 0.05) is 18.2 Å². The molecule has 0 atom stereocenters. The van der Waals surface area contributed by atoms with Gasteiger partial charge in [-0.15, -0.1) is 0 Å². The fraction of sp³-hybridized carbons (Fsp3) is 0.190. The second-order valence-electron chi connectivity index (χ2n) is 6.72. The van der Waals surface area contributed by atoms with Crippen molar-refractivity contribution < 1.29 is 4.42 Å². The highest BCUT2D eigenvalue weighted by atomic mass is 16.3. The van der Waals surface area contributed by atoms with Crippen LogP contribution in [0, 0.1) is 11.3 Å². The number of aromatic nitrogens is 3. The molecule has 4 rings (SSSR count). The van der Waals surface area contributed by atoms with Gasteiger partial charge in [-0.2, -0.15) is 14.9 Å². The minimum absolute atomic E-state index is 0.0388. The van der Waals surface area contributed by atoms with Crippen LogP contribution in [-0.4, -0.2) is 14.2 Å². The third kappa shape index (κ3) is 2.56. The summed E-state index contributed by atoms with van der Waals surface area (Å²) in [6.07, 6.45) is 1.42. The first-order valence-corrected chi connectivity index (χ1v) is 8.69. The summed E-state index contributed by atoms with van der Waals surface area (Å²) in [4.78, 5) is 13.1. The van der Waals surface area contributed by atoms with Gasteiger partial charge >= 0.3 is 0 Å². The van der Waals surface area contributed by atoms with Crippen LogP contribution in [0.5, 0.6) is 0 Å². The van der Waals surface area contributed by atoms with E-state index in [-0.39, 0.29) is 11.5 Å². The normalized spacial score (nSPS) is 11.2. The van der Waals surface area contributed by atoms with E-state index in [4.69, 9.17) is 4.42 Å². The van der Waals surface area contributed by atoms with Crippen molar-refractivity contribution in [2.45, 2.75) is 19.8 Å². The Morgan fingerprint density at radius 2 is 1.81 bits per heavy atom. The fourth-order valence-corrected chi connectivity index (χ4v) is 3.44. The maximum absolute atomic E-state index is 13.1. The van der Waals surface area contributed by atoms with Crippen LogP contribution < -0.4 is 5.56 Å². The van der Waals surface area contributed by atoms with Gasteiger partial charge in [-0.3, -0.25) is 4.79 Å². The number of furan rings is 1. The Morgan fingerprint density at radius 1 is 1.11 bits per heavy atom. The molecule has 0 aliphatic rings. The number of aryl methyl sites for hydroxylation is 1. The second kappa shape index (κ2) is 6.29. The summed E-state index contributed by atoms with van der Waals surface area (Å²) >= 11 is 0. The Balaban J connectivity index is 2.03. The molecule has 0 aliphatic carbocycles.